The van der Waals surface area contributed by atoms with E-state index in [-0.39, 0.29) is 24.5 Å². The van der Waals surface area contributed by atoms with Crippen LogP contribution in [-0.4, -0.2) is 33.0 Å². The van der Waals surface area contributed by atoms with Gasteiger partial charge in [0, 0.05) is 30.1 Å². The number of hydrogen-bond acceptors (Lipinski definition) is 5. The molecule has 1 amide bonds. The molecule has 7 heteroatoms. The fourth-order valence-corrected chi connectivity index (χ4v) is 4.75. The average molecular weight is 321 g/mol. The van der Waals surface area contributed by atoms with Crippen molar-refractivity contribution >= 4 is 43.9 Å². The third kappa shape index (κ3) is 2.16. The van der Waals surface area contributed by atoms with Gasteiger partial charge in [0.1, 0.15) is 4.83 Å². The number of nitrogens with zero attached hydrogens (tertiary/aromatic N) is 2. The first-order valence-electron chi connectivity index (χ1n) is 7.03. The molecule has 5 nitrogen and oxygen atoms in total. The molecule has 4 rings (SSSR count). The van der Waals surface area contributed by atoms with Crippen LogP contribution in [0.3, 0.4) is 0 Å². The van der Waals surface area contributed by atoms with E-state index in [4.69, 9.17) is 0 Å². The van der Waals surface area contributed by atoms with Gasteiger partial charge in [-0.15, -0.1) is 22.7 Å². The Hall–Kier alpha value is -1.44. The molecular formula is C14H15N3O2S2. The number of carbonyl (C=O) groups is 1. The van der Waals surface area contributed by atoms with Crippen LogP contribution in [0.2, 0.25) is 0 Å². The minimum atomic E-state index is -0.0488. The van der Waals surface area contributed by atoms with Gasteiger partial charge in [0.25, 0.3) is 5.91 Å². The van der Waals surface area contributed by atoms with Crippen LogP contribution in [0.15, 0.2) is 17.6 Å². The lowest BCUT2D eigenvalue weighted by Crippen LogP contribution is -2.38. The van der Waals surface area contributed by atoms with Crippen molar-refractivity contribution in [3.8, 4) is 0 Å². The molecule has 2 unspecified atom stereocenters. The third-order valence-electron chi connectivity index (χ3n) is 4.17. The molecule has 1 aliphatic rings. The second-order valence-corrected chi connectivity index (χ2v) is 7.33. The molecule has 1 aliphatic carbocycles. The number of fused-ring (bicyclic) bond motifs is 3. The quantitative estimate of drug-likeness (QED) is 0.779. The summed E-state index contributed by atoms with van der Waals surface area (Å²) in [5, 5.41) is 14.4. The first kappa shape index (κ1) is 13.2. The lowest BCUT2D eigenvalue weighted by molar-refractivity contribution is 0.0920. The molecule has 3 aromatic rings. The van der Waals surface area contributed by atoms with Crippen molar-refractivity contribution in [2.24, 2.45) is 5.92 Å². The van der Waals surface area contributed by atoms with Crippen molar-refractivity contribution in [3.63, 3.8) is 0 Å². The van der Waals surface area contributed by atoms with Crippen molar-refractivity contribution < 1.29 is 9.90 Å². The molecule has 3 heterocycles. The normalized spacial score (nSPS) is 22.3. The molecule has 2 N–H and O–H groups in total. The maximum atomic E-state index is 12.4. The molecule has 3 aromatic heterocycles. The molecule has 0 radical (unpaired) electrons. The van der Waals surface area contributed by atoms with Gasteiger partial charge in [0.05, 0.1) is 10.4 Å². The predicted molar refractivity (Wildman–Crippen MR) is 84.1 cm³/mol. The highest BCUT2D eigenvalue weighted by atomic mass is 32.1. The minimum Gasteiger partial charge on any atom is -0.396 e. The topological polar surface area (TPSA) is 66.6 Å². The van der Waals surface area contributed by atoms with Crippen molar-refractivity contribution in [3.05, 3.63) is 22.5 Å². The van der Waals surface area contributed by atoms with Crippen LogP contribution in [-0.2, 0) is 0 Å². The van der Waals surface area contributed by atoms with Gasteiger partial charge in [-0.3, -0.25) is 9.20 Å². The Kier molecular flexibility index (Phi) is 3.20. The summed E-state index contributed by atoms with van der Waals surface area (Å²) >= 11 is 3.02. The van der Waals surface area contributed by atoms with Crippen LogP contribution < -0.4 is 5.32 Å². The Morgan fingerprint density at radius 3 is 3.29 bits per heavy atom. The summed E-state index contributed by atoms with van der Waals surface area (Å²) in [4.78, 5) is 19.5. The molecule has 0 spiro atoms. The summed E-state index contributed by atoms with van der Waals surface area (Å²) in [7, 11) is 0. The molecule has 0 aliphatic heterocycles. The highest BCUT2D eigenvalue weighted by Gasteiger charge is 2.28. The van der Waals surface area contributed by atoms with E-state index in [2.05, 4.69) is 10.3 Å². The molecule has 0 saturated heterocycles. The van der Waals surface area contributed by atoms with E-state index < -0.39 is 0 Å². The summed E-state index contributed by atoms with van der Waals surface area (Å²) in [6.45, 7) is 0.148. The zero-order valence-electron chi connectivity index (χ0n) is 11.3. The SMILES string of the molecule is O=C(NC1CCCC1CO)c1cc2c(nc3sccn32)s1. The van der Waals surface area contributed by atoms with Gasteiger partial charge in [-0.05, 0) is 18.9 Å². The molecule has 0 bridgehead atoms. The van der Waals surface area contributed by atoms with Crippen LogP contribution in [0, 0.1) is 5.92 Å². The Bertz CT molecular complexity index is 804. The van der Waals surface area contributed by atoms with Gasteiger partial charge in [-0.25, -0.2) is 4.98 Å². The van der Waals surface area contributed by atoms with E-state index in [1.807, 2.05) is 22.0 Å². The Morgan fingerprint density at radius 1 is 1.52 bits per heavy atom. The lowest BCUT2D eigenvalue weighted by atomic mass is 10.1. The highest BCUT2D eigenvalue weighted by molar-refractivity contribution is 7.21. The van der Waals surface area contributed by atoms with Crippen LogP contribution in [0.5, 0.6) is 0 Å². The number of hydrogen-bond donors (Lipinski definition) is 2. The van der Waals surface area contributed by atoms with Crippen LogP contribution in [0.1, 0.15) is 28.9 Å². The second kappa shape index (κ2) is 5.08. The molecule has 0 aromatic carbocycles. The van der Waals surface area contributed by atoms with Crippen LogP contribution >= 0.6 is 22.7 Å². The molecule has 110 valence electrons. The smallest absolute Gasteiger partial charge is 0.261 e. The van der Waals surface area contributed by atoms with Gasteiger partial charge < -0.3 is 10.4 Å². The fraction of sp³-hybridized carbons (Fsp3) is 0.429. The summed E-state index contributed by atoms with van der Waals surface area (Å²) in [5.74, 6) is 0.149. The van der Waals surface area contributed by atoms with Gasteiger partial charge in [-0.1, -0.05) is 6.42 Å². The Balaban J connectivity index is 1.60. The number of aliphatic hydroxyl groups is 1. The summed E-state index contributed by atoms with van der Waals surface area (Å²) in [6.07, 6.45) is 4.99. The number of thiazole rings is 1. The number of rotatable bonds is 3. The minimum absolute atomic E-state index is 0.0488. The van der Waals surface area contributed by atoms with E-state index in [9.17, 15) is 9.90 Å². The maximum absolute atomic E-state index is 12.4. The predicted octanol–water partition coefficient (Wildman–Crippen LogP) is 2.50. The number of amides is 1. The third-order valence-corrected chi connectivity index (χ3v) is 5.95. The lowest BCUT2D eigenvalue weighted by Gasteiger charge is -2.18. The van der Waals surface area contributed by atoms with E-state index in [0.717, 1.165) is 34.6 Å². The monoisotopic (exact) mass is 321 g/mol. The highest BCUT2D eigenvalue weighted by Crippen LogP contribution is 2.29. The Morgan fingerprint density at radius 2 is 2.43 bits per heavy atom. The van der Waals surface area contributed by atoms with Gasteiger partial charge in [0.2, 0.25) is 0 Å². The summed E-state index contributed by atoms with van der Waals surface area (Å²) in [5.41, 5.74) is 0.992. The first-order valence-corrected chi connectivity index (χ1v) is 8.72. The van der Waals surface area contributed by atoms with Gasteiger partial charge >= 0.3 is 0 Å². The zero-order valence-corrected chi connectivity index (χ0v) is 12.9. The number of carbonyl (C=O) groups excluding carboxylic acids is 1. The van der Waals surface area contributed by atoms with Crippen molar-refractivity contribution in [1.82, 2.24) is 14.7 Å². The summed E-state index contributed by atoms with van der Waals surface area (Å²) in [6, 6.07) is 2.01. The number of nitrogens with one attached hydrogen (secondary N) is 1. The number of imidazole rings is 1. The number of aromatic nitrogens is 2. The zero-order chi connectivity index (χ0) is 14.4. The van der Waals surface area contributed by atoms with Crippen LogP contribution in [0.25, 0.3) is 15.3 Å². The molecule has 2 atom stereocenters. The Labute approximate surface area is 129 Å². The van der Waals surface area contributed by atoms with Crippen molar-refractivity contribution in [2.45, 2.75) is 25.3 Å². The van der Waals surface area contributed by atoms with Crippen molar-refractivity contribution in [2.75, 3.05) is 6.61 Å². The van der Waals surface area contributed by atoms with E-state index in [1.54, 1.807) is 11.3 Å². The molecule has 21 heavy (non-hydrogen) atoms. The average Bonchev–Trinajstić information content (AvgIpc) is 3.17. The second-order valence-electron chi connectivity index (χ2n) is 5.42. The number of thiophene rings is 1. The van der Waals surface area contributed by atoms with E-state index >= 15 is 0 Å². The largest absolute Gasteiger partial charge is 0.396 e. The van der Waals surface area contributed by atoms with Crippen LogP contribution in [0.4, 0.5) is 0 Å². The molecule has 1 fully saturated rings. The van der Waals surface area contributed by atoms with E-state index in [0.29, 0.717) is 4.88 Å². The standard InChI is InChI=1S/C14H15N3O2S2/c18-7-8-2-1-3-9(8)15-12(19)11-6-10-13(21-11)16-14-17(10)4-5-20-14/h4-6,8-9,18H,1-3,7H2,(H,15,19). The van der Waals surface area contributed by atoms with Gasteiger partial charge in [-0.2, -0.15) is 0 Å². The maximum Gasteiger partial charge on any atom is 0.261 e. The fourth-order valence-electron chi connectivity index (χ4n) is 3.04. The summed E-state index contributed by atoms with van der Waals surface area (Å²) < 4.78 is 2.01. The van der Waals surface area contributed by atoms with E-state index in [1.165, 1.54) is 11.3 Å². The van der Waals surface area contributed by atoms with Gasteiger partial charge in [0.15, 0.2) is 4.96 Å². The molecular weight excluding hydrogens is 306 g/mol. The first-order chi connectivity index (χ1) is 10.3. The molecule has 1 saturated carbocycles. The number of aliphatic hydroxyl groups excluding tert-OH is 1. The van der Waals surface area contributed by atoms with Crippen molar-refractivity contribution in [1.29, 1.82) is 0 Å².